The van der Waals surface area contributed by atoms with E-state index in [0.717, 1.165) is 12.3 Å². The van der Waals surface area contributed by atoms with Gasteiger partial charge >= 0.3 is 5.69 Å². The Morgan fingerprint density at radius 3 is 2.73 bits per heavy atom. The van der Waals surface area contributed by atoms with E-state index in [1.54, 1.807) is 18.2 Å². The molecule has 0 fully saturated rings. The van der Waals surface area contributed by atoms with Gasteiger partial charge in [0.25, 0.3) is 5.91 Å². The summed E-state index contributed by atoms with van der Waals surface area (Å²) in [4.78, 5) is 21.8. The second-order valence-corrected chi connectivity index (χ2v) is 4.62. The molecular formula is C14H10ClN3O4. The number of carbonyl (C=O) groups excluding carboxylic acids is 1. The SMILES string of the molecule is O=C(N/N=C\c1cccc([N+](=O)[O-])c1O)c1cccc(Cl)c1. The molecule has 2 N–H and O–H groups in total. The van der Waals surface area contributed by atoms with Crippen LogP contribution < -0.4 is 5.43 Å². The third kappa shape index (κ3) is 3.58. The molecule has 112 valence electrons. The number of nitro benzene ring substituents is 1. The van der Waals surface area contributed by atoms with Gasteiger partial charge in [0.2, 0.25) is 5.75 Å². The molecular weight excluding hydrogens is 310 g/mol. The average molecular weight is 320 g/mol. The van der Waals surface area contributed by atoms with Crippen LogP contribution in [0.5, 0.6) is 5.75 Å². The minimum atomic E-state index is -0.711. The highest BCUT2D eigenvalue weighted by atomic mass is 35.5. The van der Waals surface area contributed by atoms with Gasteiger partial charge in [0.15, 0.2) is 0 Å². The predicted molar refractivity (Wildman–Crippen MR) is 81.3 cm³/mol. The number of hydrogen-bond donors (Lipinski definition) is 2. The summed E-state index contributed by atoms with van der Waals surface area (Å²) in [5.41, 5.74) is 2.23. The van der Waals surface area contributed by atoms with Crippen LogP contribution in [0.2, 0.25) is 5.02 Å². The zero-order valence-corrected chi connectivity index (χ0v) is 11.8. The van der Waals surface area contributed by atoms with E-state index >= 15 is 0 Å². The quantitative estimate of drug-likeness (QED) is 0.513. The molecule has 2 aromatic rings. The van der Waals surface area contributed by atoms with Gasteiger partial charge in [0, 0.05) is 22.2 Å². The summed E-state index contributed by atoms with van der Waals surface area (Å²) in [5.74, 6) is -1.02. The normalized spacial score (nSPS) is 10.6. The third-order valence-corrected chi connectivity index (χ3v) is 2.93. The van der Waals surface area contributed by atoms with Crippen LogP contribution in [-0.2, 0) is 0 Å². The summed E-state index contributed by atoms with van der Waals surface area (Å²) in [7, 11) is 0. The lowest BCUT2D eigenvalue weighted by molar-refractivity contribution is -0.385. The maximum atomic E-state index is 11.8. The number of aromatic hydroxyl groups is 1. The highest BCUT2D eigenvalue weighted by molar-refractivity contribution is 6.30. The molecule has 0 unspecified atom stereocenters. The number of halogens is 1. The first-order chi connectivity index (χ1) is 10.5. The second kappa shape index (κ2) is 6.68. The Balaban J connectivity index is 2.12. The number of rotatable bonds is 4. The number of carbonyl (C=O) groups is 1. The largest absolute Gasteiger partial charge is 0.502 e. The number of phenols is 1. The van der Waals surface area contributed by atoms with Crippen LogP contribution in [0.25, 0.3) is 0 Å². The molecule has 0 atom stereocenters. The average Bonchev–Trinajstić information content (AvgIpc) is 2.48. The van der Waals surface area contributed by atoms with Crippen LogP contribution in [0.3, 0.4) is 0 Å². The summed E-state index contributed by atoms with van der Waals surface area (Å²) in [5, 5.41) is 24.5. The predicted octanol–water partition coefficient (Wildman–Crippen LogP) is 2.72. The summed E-state index contributed by atoms with van der Waals surface area (Å²) in [6, 6.07) is 10.3. The molecule has 2 rings (SSSR count). The van der Waals surface area contributed by atoms with Crippen LogP contribution >= 0.6 is 11.6 Å². The van der Waals surface area contributed by atoms with E-state index in [4.69, 9.17) is 11.6 Å². The molecule has 0 heterocycles. The smallest absolute Gasteiger partial charge is 0.311 e. The highest BCUT2D eigenvalue weighted by Gasteiger charge is 2.15. The van der Waals surface area contributed by atoms with Gasteiger partial charge in [-0.3, -0.25) is 14.9 Å². The Morgan fingerprint density at radius 2 is 2.05 bits per heavy atom. The van der Waals surface area contributed by atoms with E-state index in [2.05, 4.69) is 10.5 Å². The lowest BCUT2D eigenvalue weighted by Gasteiger charge is -2.01. The summed E-state index contributed by atoms with van der Waals surface area (Å²) < 4.78 is 0. The molecule has 0 aliphatic heterocycles. The monoisotopic (exact) mass is 319 g/mol. The number of benzene rings is 2. The fourth-order valence-corrected chi connectivity index (χ4v) is 1.85. The number of nitrogens with zero attached hydrogens (tertiary/aromatic N) is 2. The Labute approximate surface area is 130 Å². The number of phenolic OH excluding ortho intramolecular Hbond substituents is 1. The molecule has 0 bridgehead atoms. The van der Waals surface area contributed by atoms with Crippen LogP contribution in [-0.4, -0.2) is 22.2 Å². The maximum Gasteiger partial charge on any atom is 0.311 e. The van der Waals surface area contributed by atoms with Crippen molar-refractivity contribution in [2.75, 3.05) is 0 Å². The van der Waals surface area contributed by atoms with Crippen molar-refractivity contribution in [3.05, 3.63) is 68.7 Å². The number of hydrazone groups is 1. The zero-order valence-electron chi connectivity index (χ0n) is 11.1. The van der Waals surface area contributed by atoms with Crippen molar-refractivity contribution < 1.29 is 14.8 Å². The van der Waals surface area contributed by atoms with E-state index in [0.29, 0.717) is 10.6 Å². The summed E-state index contributed by atoms with van der Waals surface area (Å²) in [6.07, 6.45) is 1.12. The summed E-state index contributed by atoms with van der Waals surface area (Å²) >= 11 is 5.77. The minimum Gasteiger partial charge on any atom is -0.502 e. The van der Waals surface area contributed by atoms with Gasteiger partial charge in [0.05, 0.1) is 11.1 Å². The van der Waals surface area contributed by atoms with Crippen molar-refractivity contribution in [3.8, 4) is 5.75 Å². The molecule has 1 amide bonds. The van der Waals surface area contributed by atoms with E-state index in [-0.39, 0.29) is 5.56 Å². The topological polar surface area (TPSA) is 105 Å². The Morgan fingerprint density at radius 1 is 1.32 bits per heavy atom. The lowest BCUT2D eigenvalue weighted by atomic mass is 10.2. The fourth-order valence-electron chi connectivity index (χ4n) is 1.65. The Hall–Kier alpha value is -2.93. The Kier molecular flexibility index (Phi) is 4.70. The van der Waals surface area contributed by atoms with Crippen molar-refractivity contribution in [3.63, 3.8) is 0 Å². The molecule has 0 saturated heterocycles. The van der Waals surface area contributed by atoms with Gasteiger partial charge in [-0.2, -0.15) is 5.10 Å². The number of nitro groups is 1. The van der Waals surface area contributed by atoms with Crippen molar-refractivity contribution in [2.45, 2.75) is 0 Å². The molecule has 0 radical (unpaired) electrons. The number of para-hydroxylation sites is 1. The molecule has 2 aromatic carbocycles. The molecule has 8 heteroatoms. The lowest BCUT2D eigenvalue weighted by Crippen LogP contribution is -2.17. The fraction of sp³-hybridized carbons (Fsp3) is 0. The highest BCUT2D eigenvalue weighted by Crippen LogP contribution is 2.27. The van der Waals surface area contributed by atoms with E-state index in [1.165, 1.54) is 18.2 Å². The van der Waals surface area contributed by atoms with E-state index < -0.39 is 22.3 Å². The van der Waals surface area contributed by atoms with E-state index in [1.807, 2.05) is 0 Å². The van der Waals surface area contributed by atoms with Gasteiger partial charge in [-0.05, 0) is 24.3 Å². The number of nitrogens with one attached hydrogen (secondary N) is 1. The minimum absolute atomic E-state index is 0.112. The van der Waals surface area contributed by atoms with E-state index in [9.17, 15) is 20.0 Å². The number of amides is 1. The van der Waals surface area contributed by atoms with Gasteiger partial charge in [-0.15, -0.1) is 0 Å². The molecule has 22 heavy (non-hydrogen) atoms. The van der Waals surface area contributed by atoms with Crippen LogP contribution in [0.1, 0.15) is 15.9 Å². The third-order valence-electron chi connectivity index (χ3n) is 2.70. The molecule has 0 aromatic heterocycles. The number of hydrogen-bond acceptors (Lipinski definition) is 5. The van der Waals surface area contributed by atoms with Crippen LogP contribution in [0.15, 0.2) is 47.6 Å². The first-order valence-electron chi connectivity index (χ1n) is 6.04. The second-order valence-electron chi connectivity index (χ2n) is 4.18. The van der Waals surface area contributed by atoms with Gasteiger partial charge in [-0.25, -0.2) is 5.43 Å². The van der Waals surface area contributed by atoms with Crippen molar-refractivity contribution in [1.29, 1.82) is 0 Å². The van der Waals surface area contributed by atoms with Crippen molar-refractivity contribution in [1.82, 2.24) is 5.43 Å². The molecule has 0 aliphatic rings. The summed E-state index contributed by atoms with van der Waals surface area (Å²) in [6.45, 7) is 0. The van der Waals surface area contributed by atoms with Gasteiger partial charge in [0.1, 0.15) is 0 Å². The van der Waals surface area contributed by atoms with Gasteiger partial charge in [-0.1, -0.05) is 23.7 Å². The molecule has 0 saturated carbocycles. The standard InChI is InChI=1S/C14H10ClN3O4/c15-11-5-1-3-9(7-11)14(20)17-16-8-10-4-2-6-12(13(10)19)18(21)22/h1-8,19H,(H,17,20)/b16-8-. The van der Waals surface area contributed by atoms with Gasteiger partial charge < -0.3 is 5.11 Å². The van der Waals surface area contributed by atoms with Crippen LogP contribution in [0.4, 0.5) is 5.69 Å². The first-order valence-corrected chi connectivity index (χ1v) is 6.42. The first kappa shape index (κ1) is 15.5. The Bertz CT molecular complexity index is 762. The zero-order chi connectivity index (χ0) is 16.1. The van der Waals surface area contributed by atoms with Crippen molar-refractivity contribution >= 4 is 29.4 Å². The molecule has 7 nitrogen and oxygen atoms in total. The maximum absolute atomic E-state index is 11.8. The molecule has 0 aliphatic carbocycles. The van der Waals surface area contributed by atoms with Crippen LogP contribution in [0, 0.1) is 10.1 Å². The molecule has 0 spiro atoms. The van der Waals surface area contributed by atoms with Crippen molar-refractivity contribution in [2.24, 2.45) is 5.10 Å².